The molecule has 0 bridgehead atoms. The van der Waals surface area contributed by atoms with Crippen molar-refractivity contribution in [3.05, 3.63) is 18.2 Å². The third-order valence-electron chi connectivity index (χ3n) is 2.27. The smallest absolute Gasteiger partial charge is 0.320 e. The summed E-state index contributed by atoms with van der Waals surface area (Å²) < 4.78 is 0. The minimum absolute atomic E-state index is 0.121. The zero-order valence-corrected chi connectivity index (χ0v) is 9.35. The Kier molecular flexibility index (Phi) is 5.15. The monoisotopic (exact) mass is 240 g/mol. The summed E-state index contributed by atoms with van der Waals surface area (Å²) in [7, 11) is 0. The average Bonchev–Trinajstić information content (AvgIpc) is 2.78. The molecule has 1 heterocycles. The van der Waals surface area contributed by atoms with Gasteiger partial charge in [-0.15, -0.1) is 0 Å². The van der Waals surface area contributed by atoms with E-state index in [1.807, 2.05) is 0 Å². The predicted molar refractivity (Wildman–Crippen MR) is 60.1 cm³/mol. The summed E-state index contributed by atoms with van der Waals surface area (Å²) in [5.74, 6) is -1.28. The largest absolute Gasteiger partial charge is 0.480 e. The van der Waals surface area contributed by atoms with Crippen molar-refractivity contribution in [3.63, 3.8) is 0 Å². The lowest BCUT2D eigenvalue weighted by molar-refractivity contribution is -0.138. The molecule has 1 atom stereocenters. The van der Waals surface area contributed by atoms with Gasteiger partial charge in [-0.25, -0.2) is 4.98 Å². The van der Waals surface area contributed by atoms with E-state index in [0.29, 0.717) is 13.0 Å². The first kappa shape index (κ1) is 13.2. The number of imidazole rings is 1. The van der Waals surface area contributed by atoms with E-state index in [1.165, 1.54) is 0 Å². The first-order valence-corrected chi connectivity index (χ1v) is 5.32. The second-order valence-corrected chi connectivity index (χ2v) is 3.66. The molecule has 0 saturated heterocycles. The highest BCUT2D eigenvalue weighted by molar-refractivity contribution is 5.78. The molecule has 1 amide bonds. The number of aliphatic carboxylic acids is 1. The van der Waals surface area contributed by atoms with E-state index >= 15 is 0 Å². The van der Waals surface area contributed by atoms with Gasteiger partial charge in [0.1, 0.15) is 6.04 Å². The fraction of sp³-hybridized carbons (Fsp3) is 0.500. The topological polar surface area (TPSA) is 121 Å². The third kappa shape index (κ3) is 5.12. The zero-order valence-electron chi connectivity index (χ0n) is 9.35. The number of carbonyl (C=O) groups excluding carboxylic acids is 1. The lowest BCUT2D eigenvalue weighted by atomic mass is 10.1. The molecule has 0 unspecified atom stereocenters. The quantitative estimate of drug-likeness (QED) is 0.500. The summed E-state index contributed by atoms with van der Waals surface area (Å²) in [6, 6.07) is -0.978. The van der Waals surface area contributed by atoms with Gasteiger partial charge in [-0.05, 0) is 6.42 Å². The fourth-order valence-corrected chi connectivity index (χ4v) is 1.26. The van der Waals surface area contributed by atoms with E-state index in [2.05, 4.69) is 15.3 Å². The van der Waals surface area contributed by atoms with Crippen LogP contribution < -0.4 is 11.1 Å². The van der Waals surface area contributed by atoms with Crippen LogP contribution in [0.3, 0.4) is 0 Å². The maximum atomic E-state index is 11.3. The fourth-order valence-electron chi connectivity index (χ4n) is 1.26. The number of rotatable bonds is 7. The zero-order chi connectivity index (χ0) is 12.7. The molecule has 0 saturated carbocycles. The normalized spacial score (nSPS) is 12.1. The predicted octanol–water partition coefficient (Wildman–Crippen LogP) is -0.739. The van der Waals surface area contributed by atoms with Gasteiger partial charge in [0.15, 0.2) is 0 Å². The number of nitrogens with one attached hydrogen (secondary N) is 2. The van der Waals surface area contributed by atoms with Crippen molar-refractivity contribution in [2.45, 2.75) is 25.3 Å². The molecule has 94 valence electrons. The third-order valence-corrected chi connectivity index (χ3v) is 2.27. The van der Waals surface area contributed by atoms with Crippen LogP contribution in [-0.2, 0) is 16.0 Å². The number of carboxylic acids is 1. The molecular formula is C10H16N4O3. The van der Waals surface area contributed by atoms with Crippen LogP contribution in [0.2, 0.25) is 0 Å². The molecule has 17 heavy (non-hydrogen) atoms. The standard InChI is InChI=1S/C10H16N4O3/c11-8(10(16)17)1-2-9(15)13-4-3-7-5-12-6-14-7/h5-6,8H,1-4,11H2,(H,12,14)(H,13,15)(H,16,17)/t8-/m0/s1. The number of aromatic amines is 1. The molecule has 5 N–H and O–H groups in total. The molecule has 0 spiro atoms. The van der Waals surface area contributed by atoms with Gasteiger partial charge in [0.2, 0.25) is 5.91 Å². The lowest BCUT2D eigenvalue weighted by Crippen LogP contribution is -2.33. The van der Waals surface area contributed by atoms with E-state index in [1.54, 1.807) is 12.5 Å². The van der Waals surface area contributed by atoms with Crippen molar-refractivity contribution in [1.29, 1.82) is 0 Å². The number of hydrogen-bond acceptors (Lipinski definition) is 4. The number of nitrogens with two attached hydrogens (primary N) is 1. The Labute approximate surface area is 98.4 Å². The Balaban J connectivity index is 2.11. The number of carbonyl (C=O) groups is 2. The molecule has 7 heteroatoms. The summed E-state index contributed by atoms with van der Waals surface area (Å²) in [5, 5.41) is 11.2. The molecule has 0 aromatic carbocycles. The van der Waals surface area contributed by atoms with Crippen molar-refractivity contribution in [2.75, 3.05) is 6.54 Å². The summed E-state index contributed by atoms with van der Waals surface area (Å²) in [4.78, 5) is 28.5. The highest BCUT2D eigenvalue weighted by atomic mass is 16.4. The van der Waals surface area contributed by atoms with Crippen LogP contribution in [0, 0.1) is 0 Å². The summed E-state index contributed by atoms with van der Waals surface area (Å²) in [5.41, 5.74) is 6.22. The van der Waals surface area contributed by atoms with Crippen LogP contribution in [0.1, 0.15) is 18.5 Å². The summed E-state index contributed by atoms with van der Waals surface area (Å²) in [6.07, 6.45) is 4.19. The SMILES string of the molecule is N[C@@H](CCC(=O)NCCc1cnc[nH]1)C(=O)O. The van der Waals surface area contributed by atoms with Gasteiger partial charge in [-0.3, -0.25) is 9.59 Å². The van der Waals surface area contributed by atoms with Gasteiger partial charge in [-0.1, -0.05) is 0 Å². The number of H-pyrrole nitrogens is 1. The Morgan fingerprint density at radius 1 is 1.59 bits per heavy atom. The van der Waals surface area contributed by atoms with Gasteiger partial charge < -0.3 is 21.1 Å². The molecule has 0 aliphatic heterocycles. The minimum Gasteiger partial charge on any atom is -0.480 e. The van der Waals surface area contributed by atoms with Gasteiger partial charge in [0.25, 0.3) is 0 Å². The number of hydrogen-bond donors (Lipinski definition) is 4. The van der Waals surface area contributed by atoms with Crippen LogP contribution >= 0.6 is 0 Å². The van der Waals surface area contributed by atoms with Crippen molar-refractivity contribution >= 4 is 11.9 Å². The van der Waals surface area contributed by atoms with Crippen molar-refractivity contribution in [3.8, 4) is 0 Å². The van der Waals surface area contributed by atoms with Gasteiger partial charge >= 0.3 is 5.97 Å². The maximum Gasteiger partial charge on any atom is 0.320 e. The maximum absolute atomic E-state index is 11.3. The molecule has 0 aliphatic rings. The Morgan fingerprint density at radius 3 is 2.94 bits per heavy atom. The molecule has 1 rings (SSSR count). The average molecular weight is 240 g/mol. The second-order valence-electron chi connectivity index (χ2n) is 3.66. The van der Waals surface area contributed by atoms with Crippen LogP contribution in [0.25, 0.3) is 0 Å². The Bertz CT molecular complexity index is 364. The molecular weight excluding hydrogens is 224 g/mol. The number of nitrogens with zero attached hydrogens (tertiary/aromatic N) is 1. The van der Waals surface area contributed by atoms with Crippen LogP contribution in [0.15, 0.2) is 12.5 Å². The highest BCUT2D eigenvalue weighted by Gasteiger charge is 2.12. The van der Waals surface area contributed by atoms with E-state index in [-0.39, 0.29) is 18.7 Å². The number of aromatic nitrogens is 2. The van der Waals surface area contributed by atoms with E-state index < -0.39 is 12.0 Å². The van der Waals surface area contributed by atoms with Crippen LogP contribution in [-0.4, -0.2) is 39.5 Å². The first-order chi connectivity index (χ1) is 8.09. The van der Waals surface area contributed by atoms with Crippen molar-refractivity contribution < 1.29 is 14.7 Å². The van der Waals surface area contributed by atoms with Crippen LogP contribution in [0.4, 0.5) is 0 Å². The van der Waals surface area contributed by atoms with Gasteiger partial charge in [0.05, 0.1) is 6.33 Å². The minimum atomic E-state index is -1.09. The molecule has 0 radical (unpaired) electrons. The van der Waals surface area contributed by atoms with Gasteiger partial charge in [-0.2, -0.15) is 0 Å². The van der Waals surface area contributed by atoms with E-state index in [4.69, 9.17) is 10.8 Å². The number of carboxylic acid groups (broad SMARTS) is 1. The van der Waals surface area contributed by atoms with Crippen molar-refractivity contribution in [1.82, 2.24) is 15.3 Å². The second kappa shape index (κ2) is 6.64. The first-order valence-electron chi connectivity index (χ1n) is 5.32. The molecule has 1 aromatic rings. The van der Waals surface area contributed by atoms with Crippen LogP contribution in [0.5, 0.6) is 0 Å². The highest BCUT2D eigenvalue weighted by Crippen LogP contribution is 1.95. The number of amides is 1. The molecule has 0 aliphatic carbocycles. The Morgan fingerprint density at radius 2 is 2.35 bits per heavy atom. The van der Waals surface area contributed by atoms with Crippen molar-refractivity contribution in [2.24, 2.45) is 5.73 Å². The Hall–Kier alpha value is -1.89. The van der Waals surface area contributed by atoms with E-state index in [0.717, 1.165) is 5.69 Å². The summed E-state index contributed by atoms with van der Waals surface area (Å²) >= 11 is 0. The molecule has 7 nitrogen and oxygen atoms in total. The van der Waals surface area contributed by atoms with Gasteiger partial charge in [0, 0.05) is 31.3 Å². The lowest BCUT2D eigenvalue weighted by Gasteiger charge is -2.06. The molecule has 0 fully saturated rings. The summed E-state index contributed by atoms with van der Waals surface area (Å²) in [6.45, 7) is 0.489. The van der Waals surface area contributed by atoms with E-state index in [9.17, 15) is 9.59 Å². The molecule has 1 aromatic heterocycles.